The largest absolute Gasteiger partial charge is 0.497 e. The van der Waals surface area contributed by atoms with E-state index in [4.69, 9.17) is 21.7 Å². The lowest BCUT2D eigenvalue weighted by molar-refractivity contribution is 0.0601. The third-order valence-electron chi connectivity index (χ3n) is 5.85. The summed E-state index contributed by atoms with van der Waals surface area (Å²) >= 11 is 5.43. The molecule has 0 spiro atoms. The van der Waals surface area contributed by atoms with Crippen molar-refractivity contribution in [3.05, 3.63) is 63.2 Å². The van der Waals surface area contributed by atoms with Crippen LogP contribution in [-0.2, 0) is 11.3 Å². The van der Waals surface area contributed by atoms with E-state index in [0.29, 0.717) is 27.8 Å². The van der Waals surface area contributed by atoms with E-state index < -0.39 is 5.97 Å². The molecule has 4 rings (SSSR count). The molecule has 0 aliphatic carbocycles. The first-order chi connectivity index (χ1) is 15.5. The molecule has 0 atom stereocenters. The third kappa shape index (κ3) is 4.53. The Morgan fingerprint density at radius 3 is 2.41 bits per heavy atom. The molecule has 1 saturated heterocycles. The van der Waals surface area contributed by atoms with Crippen molar-refractivity contribution in [1.82, 2.24) is 14.5 Å². The Hall–Kier alpha value is -3.17. The van der Waals surface area contributed by atoms with Crippen LogP contribution in [0.3, 0.4) is 0 Å². The first-order valence-electron chi connectivity index (χ1n) is 10.5. The molecule has 9 heteroatoms. The van der Waals surface area contributed by atoms with Gasteiger partial charge in [0, 0.05) is 45.0 Å². The van der Waals surface area contributed by atoms with Crippen molar-refractivity contribution in [2.45, 2.75) is 6.54 Å². The minimum Gasteiger partial charge on any atom is -0.497 e. The molecule has 168 valence electrons. The molecular weight excluding hydrogens is 428 g/mol. The average molecular weight is 455 g/mol. The molecule has 3 aromatic rings. The summed E-state index contributed by atoms with van der Waals surface area (Å²) in [5.41, 5.74) is 1.94. The SMILES string of the molecule is COC(=O)c1ccc2c(=O)n(CCN3CCN(c4ccc(OC)cc4)CC3)c(=S)[nH]c2c1. The van der Waals surface area contributed by atoms with E-state index in [1.165, 1.54) is 12.8 Å². The fourth-order valence-electron chi connectivity index (χ4n) is 3.97. The van der Waals surface area contributed by atoms with Crippen molar-refractivity contribution in [3.8, 4) is 5.75 Å². The smallest absolute Gasteiger partial charge is 0.337 e. The van der Waals surface area contributed by atoms with E-state index in [9.17, 15) is 9.59 Å². The molecule has 1 N–H and O–H groups in total. The Labute approximate surface area is 191 Å². The van der Waals surface area contributed by atoms with Crippen LogP contribution >= 0.6 is 12.2 Å². The molecule has 8 nitrogen and oxygen atoms in total. The second kappa shape index (κ2) is 9.54. The number of aromatic nitrogens is 2. The van der Waals surface area contributed by atoms with Crippen LogP contribution in [0.1, 0.15) is 10.4 Å². The average Bonchev–Trinajstić information content (AvgIpc) is 2.83. The predicted octanol–water partition coefficient (Wildman–Crippen LogP) is 2.68. The summed E-state index contributed by atoms with van der Waals surface area (Å²) < 4.78 is 11.9. The summed E-state index contributed by atoms with van der Waals surface area (Å²) in [6.07, 6.45) is 0. The highest BCUT2D eigenvalue weighted by Crippen LogP contribution is 2.20. The minimum atomic E-state index is -0.454. The number of fused-ring (bicyclic) bond motifs is 1. The third-order valence-corrected chi connectivity index (χ3v) is 6.18. The number of carbonyl (C=O) groups is 1. The molecule has 0 bridgehead atoms. The van der Waals surface area contributed by atoms with E-state index in [0.717, 1.165) is 38.5 Å². The molecule has 1 aliphatic heterocycles. The lowest BCUT2D eigenvalue weighted by atomic mass is 10.1. The van der Waals surface area contributed by atoms with Gasteiger partial charge in [0.05, 0.1) is 30.7 Å². The van der Waals surface area contributed by atoms with Crippen molar-refractivity contribution in [1.29, 1.82) is 0 Å². The van der Waals surface area contributed by atoms with Gasteiger partial charge in [0.15, 0.2) is 4.77 Å². The van der Waals surface area contributed by atoms with Gasteiger partial charge in [-0.1, -0.05) is 0 Å². The van der Waals surface area contributed by atoms with Crippen molar-refractivity contribution in [3.63, 3.8) is 0 Å². The number of nitrogens with one attached hydrogen (secondary N) is 1. The molecule has 2 heterocycles. The predicted molar refractivity (Wildman–Crippen MR) is 126 cm³/mol. The molecule has 0 radical (unpaired) electrons. The highest BCUT2D eigenvalue weighted by Gasteiger charge is 2.18. The van der Waals surface area contributed by atoms with Gasteiger partial charge >= 0.3 is 5.97 Å². The quantitative estimate of drug-likeness (QED) is 0.453. The van der Waals surface area contributed by atoms with Gasteiger partial charge in [-0.15, -0.1) is 0 Å². The molecule has 1 aliphatic rings. The number of H-pyrrole nitrogens is 1. The number of carbonyl (C=O) groups excluding carboxylic acids is 1. The summed E-state index contributed by atoms with van der Waals surface area (Å²) in [6, 6.07) is 12.9. The second-order valence-corrected chi connectivity index (χ2v) is 8.05. The number of esters is 1. The van der Waals surface area contributed by atoms with Crippen LogP contribution in [0, 0.1) is 4.77 Å². The Morgan fingerprint density at radius 2 is 1.75 bits per heavy atom. The van der Waals surface area contributed by atoms with Crippen LogP contribution in [0.5, 0.6) is 5.75 Å². The first-order valence-corrected chi connectivity index (χ1v) is 10.9. The van der Waals surface area contributed by atoms with Gasteiger partial charge in [-0.3, -0.25) is 14.3 Å². The zero-order valence-electron chi connectivity index (χ0n) is 18.2. The van der Waals surface area contributed by atoms with E-state index in [2.05, 4.69) is 26.9 Å². The number of benzene rings is 2. The fraction of sp³-hybridized carbons (Fsp3) is 0.348. The Bertz CT molecular complexity index is 1230. The Morgan fingerprint density at radius 1 is 1.03 bits per heavy atom. The lowest BCUT2D eigenvalue weighted by Gasteiger charge is -2.36. The topological polar surface area (TPSA) is 79.8 Å². The summed E-state index contributed by atoms with van der Waals surface area (Å²) in [7, 11) is 2.99. The Balaban J connectivity index is 1.41. The zero-order valence-corrected chi connectivity index (χ0v) is 19.0. The highest BCUT2D eigenvalue weighted by molar-refractivity contribution is 7.71. The maximum Gasteiger partial charge on any atom is 0.337 e. The van der Waals surface area contributed by atoms with Crippen molar-refractivity contribution in [2.24, 2.45) is 0 Å². The number of anilines is 1. The summed E-state index contributed by atoms with van der Waals surface area (Å²) in [6.45, 7) is 4.90. The van der Waals surface area contributed by atoms with Crippen LogP contribution in [0.15, 0.2) is 47.3 Å². The normalized spacial score (nSPS) is 14.5. The van der Waals surface area contributed by atoms with E-state index in [-0.39, 0.29) is 5.56 Å². The molecule has 0 unspecified atom stereocenters. The molecule has 1 fully saturated rings. The molecule has 0 saturated carbocycles. The summed E-state index contributed by atoms with van der Waals surface area (Å²) in [5.74, 6) is 0.399. The monoisotopic (exact) mass is 454 g/mol. The fourth-order valence-corrected chi connectivity index (χ4v) is 4.25. The van der Waals surface area contributed by atoms with Crippen LogP contribution in [-0.4, -0.2) is 67.4 Å². The maximum atomic E-state index is 13.0. The van der Waals surface area contributed by atoms with Crippen LogP contribution < -0.4 is 15.2 Å². The maximum absolute atomic E-state index is 13.0. The molecular formula is C23H26N4O4S. The second-order valence-electron chi connectivity index (χ2n) is 7.67. The van der Waals surface area contributed by atoms with Crippen LogP contribution in [0.4, 0.5) is 5.69 Å². The van der Waals surface area contributed by atoms with E-state index >= 15 is 0 Å². The number of hydrogen-bond donors (Lipinski definition) is 1. The van der Waals surface area contributed by atoms with Crippen LogP contribution in [0.25, 0.3) is 10.9 Å². The minimum absolute atomic E-state index is 0.156. The van der Waals surface area contributed by atoms with Crippen molar-refractivity contribution < 1.29 is 14.3 Å². The number of rotatable bonds is 6. The summed E-state index contributed by atoms with van der Waals surface area (Å²) in [4.78, 5) is 32.5. The number of nitrogens with zero attached hydrogens (tertiary/aromatic N) is 3. The number of aromatic amines is 1. The number of hydrogen-bond acceptors (Lipinski definition) is 7. The molecule has 2 aromatic carbocycles. The van der Waals surface area contributed by atoms with E-state index in [1.807, 2.05) is 12.1 Å². The summed E-state index contributed by atoms with van der Waals surface area (Å²) in [5, 5.41) is 0.496. The van der Waals surface area contributed by atoms with Crippen molar-refractivity contribution >= 4 is 34.8 Å². The standard InChI is InChI=1S/C23H26N4O4S/c1-30-18-6-4-17(5-7-18)26-12-9-25(10-13-26)11-14-27-21(28)19-8-3-16(22(29)31-2)15-20(19)24-23(27)32/h3-8,15H,9-14H2,1-2H3,(H,24,32). The highest BCUT2D eigenvalue weighted by atomic mass is 32.1. The lowest BCUT2D eigenvalue weighted by Crippen LogP contribution is -2.47. The van der Waals surface area contributed by atoms with E-state index in [1.54, 1.807) is 29.9 Å². The Kier molecular flexibility index (Phi) is 6.57. The molecule has 1 aromatic heterocycles. The molecule has 32 heavy (non-hydrogen) atoms. The number of piperazine rings is 1. The first kappa shape index (κ1) is 22.0. The van der Waals surface area contributed by atoms with Crippen LogP contribution in [0.2, 0.25) is 0 Å². The molecule has 0 amide bonds. The van der Waals surface area contributed by atoms with Crippen molar-refractivity contribution in [2.75, 3.05) is 51.8 Å². The van der Waals surface area contributed by atoms with Gasteiger partial charge in [-0.2, -0.15) is 0 Å². The van der Waals surface area contributed by atoms with Gasteiger partial charge < -0.3 is 19.4 Å². The van der Waals surface area contributed by atoms with Gasteiger partial charge in [-0.25, -0.2) is 4.79 Å². The van der Waals surface area contributed by atoms with Gasteiger partial charge in [0.25, 0.3) is 5.56 Å². The van der Waals surface area contributed by atoms with Gasteiger partial charge in [0.2, 0.25) is 0 Å². The van der Waals surface area contributed by atoms with Gasteiger partial charge in [0.1, 0.15) is 5.75 Å². The number of methoxy groups -OCH3 is 2. The van der Waals surface area contributed by atoms with Gasteiger partial charge in [-0.05, 0) is 54.7 Å². The zero-order chi connectivity index (χ0) is 22.7. The number of ether oxygens (including phenoxy) is 2.